The zero-order valence-corrected chi connectivity index (χ0v) is 17.9. The van der Waals surface area contributed by atoms with E-state index in [0.717, 1.165) is 56.3 Å². The summed E-state index contributed by atoms with van der Waals surface area (Å²) in [6, 6.07) is 11.1. The molecule has 0 bridgehead atoms. The minimum absolute atomic E-state index is 0.0710. The molecule has 2 heterocycles. The maximum atomic E-state index is 14.8. The van der Waals surface area contributed by atoms with Crippen LogP contribution in [0.4, 0.5) is 15.8 Å². The van der Waals surface area contributed by atoms with E-state index in [-0.39, 0.29) is 17.8 Å². The van der Waals surface area contributed by atoms with E-state index in [1.54, 1.807) is 4.90 Å². The molecule has 0 aliphatic carbocycles. The van der Waals surface area contributed by atoms with Gasteiger partial charge in [-0.15, -0.1) is 0 Å². The van der Waals surface area contributed by atoms with E-state index in [0.29, 0.717) is 29.4 Å². The van der Waals surface area contributed by atoms with Crippen molar-refractivity contribution in [2.24, 2.45) is 5.92 Å². The van der Waals surface area contributed by atoms with Crippen molar-refractivity contribution in [3.63, 3.8) is 0 Å². The highest BCUT2D eigenvalue weighted by Crippen LogP contribution is 2.31. The van der Waals surface area contributed by atoms with Crippen molar-refractivity contribution >= 4 is 17.3 Å². The molecule has 4 nitrogen and oxygen atoms in total. The predicted octanol–water partition coefficient (Wildman–Crippen LogP) is 4.58. The number of anilines is 2. The van der Waals surface area contributed by atoms with Crippen LogP contribution in [0, 0.1) is 11.7 Å². The summed E-state index contributed by atoms with van der Waals surface area (Å²) in [6.07, 6.45) is 3.85. The van der Waals surface area contributed by atoms with E-state index in [9.17, 15) is 14.3 Å². The van der Waals surface area contributed by atoms with Crippen molar-refractivity contribution in [2.45, 2.75) is 52.1 Å². The van der Waals surface area contributed by atoms with E-state index >= 15 is 0 Å². The van der Waals surface area contributed by atoms with Gasteiger partial charge in [-0.3, -0.25) is 4.79 Å². The quantitative estimate of drug-likeness (QED) is 0.758. The van der Waals surface area contributed by atoms with Crippen LogP contribution in [0.3, 0.4) is 0 Å². The van der Waals surface area contributed by atoms with Gasteiger partial charge in [0.2, 0.25) is 0 Å². The number of benzene rings is 2. The summed E-state index contributed by atoms with van der Waals surface area (Å²) < 4.78 is 14.8. The lowest BCUT2D eigenvalue weighted by Gasteiger charge is -2.30. The summed E-state index contributed by atoms with van der Waals surface area (Å²) in [5.41, 5.74) is 4.14. The lowest BCUT2D eigenvalue weighted by Crippen LogP contribution is -2.37. The van der Waals surface area contributed by atoms with Crippen LogP contribution in [-0.2, 0) is 12.8 Å². The van der Waals surface area contributed by atoms with Crippen molar-refractivity contribution in [1.82, 2.24) is 0 Å². The zero-order chi connectivity index (χ0) is 21.3. The number of amides is 1. The number of fused-ring (bicyclic) bond motifs is 1. The molecule has 0 radical (unpaired) electrons. The van der Waals surface area contributed by atoms with Crippen LogP contribution in [0.1, 0.15) is 54.6 Å². The van der Waals surface area contributed by atoms with E-state index < -0.39 is 0 Å². The summed E-state index contributed by atoms with van der Waals surface area (Å²) in [7, 11) is 0. The van der Waals surface area contributed by atoms with Gasteiger partial charge in [0, 0.05) is 30.9 Å². The Morgan fingerprint density at radius 2 is 2.03 bits per heavy atom. The highest BCUT2D eigenvalue weighted by Gasteiger charge is 2.27. The van der Waals surface area contributed by atoms with Crippen LogP contribution >= 0.6 is 0 Å². The monoisotopic (exact) mass is 410 g/mol. The smallest absolute Gasteiger partial charge is 0.258 e. The summed E-state index contributed by atoms with van der Waals surface area (Å²) in [5, 5.41) is 9.79. The number of carbonyl (C=O) groups is 1. The maximum absolute atomic E-state index is 14.8. The molecule has 160 valence electrons. The molecular formula is C25H31FN2O2. The Labute approximate surface area is 178 Å². The number of hydrogen-bond acceptors (Lipinski definition) is 3. The van der Waals surface area contributed by atoms with Crippen molar-refractivity contribution in [2.75, 3.05) is 29.4 Å². The maximum Gasteiger partial charge on any atom is 0.258 e. The lowest BCUT2D eigenvalue weighted by molar-refractivity contribution is 0.0980. The van der Waals surface area contributed by atoms with Crippen LogP contribution in [0.2, 0.25) is 0 Å². The fraction of sp³-hybridized carbons (Fsp3) is 0.480. The van der Waals surface area contributed by atoms with E-state index in [1.807, 2.05) is 31.2 Å². The Morgan fingerprint density at radius 3 is 2.73 bits per heavy atom. The number of aryl methyl sites for hydroxylation is 1. The van der Waals surface area contributed by atoms with Gasteiger partial charge in [-0.2, -0.15) is 0 Å². The third-order valence-electron chi connectivity index (χ3n) is 6.49. The first-order chi connectivity index (χ1) is 14.5. The van der Waals surface area contributed by atoms with E-state index in [1.165, 1.54) is 6.07 Å². The molecule has 5 heteroatoms. The van der Waals surface area contributed by atoms with Crippen LogP contribution in [0.5, 0.6) is 0 Å². The lowest BCUT2D eigenvalue weighted by atomic mass is 9.94. The minimum atomic E-state index is -0.278. The molecule has 4 rings (SSSR count). The Balaban J connectivity index is 1.50. The van der Waals surface area contributed by atoms with Crippen molar-refractivity contribution < 1.29 is 14.3 Å². The summed E-state index contributed by atoms with van der Waals surface area (Å²) in [6.45, 7) is 6.47. The first kappa shape index (κ1) is 20.9. The van der Waals surface area contributed by atoms with Gasteiger partial charge in [-0.05, 0) is 73.4 Å². The fourth-order valence-corrected chi connectivity index (χ4v) is 4.55. The van der Waals surface area contributed by atoms with Crippen molar-refractivity contribution in [3.05, 3.63) is 58.9 Å². The molecule has 2 aliphatic rings. The number of carbonyl (C=O) groups excluding carboxylic acids is 1. The predicted molar refractivity (Wildman–Crippen MR) is 119 cm³/mol. The fourth-order valence-electron chi connectivity index (χ4n) is 4.55. The molecule has 2 atom stereocenters. The average molecular weight is 411 g/mol. The molecule has 2 aromatic carbocycles. The third-order valence-corrected chi connectivity index (χ3v) is 6.49. The van der Waals surface area contributed by atoms with Gasteiger partial charge in [-0.1, -0.05) is 26.0 Å². The topological polar surface area (TPSA) is 43.8 Å². The van der Waals surface area contributed by atoms with E-state index in [2.05, 4.69) is 17.9 Å². The van der Waals surface area contributed by atoms with Crippen LogP contribution in [-0.4, -0.2) is 36.8 Å². The highest BCUT2D eigenvalue weighted by atomic mass is 19.1. The Bertz CT molecular complexity index is 929. The Kier molecular flexibility index (Phi) is 6.09. The molecule has 1 N–H and O–H groups in total. The van der Waals surface area contributed by atoms with Gasteiger partial charge >= 0.3 is 0 Å². The third kappa shape index (κ3) is 4.22. The molecule has 0 aromatic heterocycles. The van der Waals surface area contributed by atoms with Crippen LogP contribution < -0.4 is 9.80 Å². The molecule has 2 unspecified atom stereocenters. The van der Waals surface area contributed by atoms with Crippen LogP contribution in [0.15, 0.2) is 36.4 Å². The molecule has 0 spiro atoms. The van der Waals surface area contributed by atoms with Crippen molar-refractivity contribution in [1.29, 1.82) is 0 Å². The highest BCUT2D eigenvalue weighted by molar-refractivity contribution is 6.08. The molecule has 30 heavy (non-hydrogen) atoms. The van der Waals surface area contributed by atoms with Crippen molar-refractivity contribution in [3.8, 4) is 0 Å². The minimum Gasteiger partial charge on any atom is -0.393 e. The van der Waals surface area contributed by atoms with Crippen LogP contribution in [0.25, 0.3) is 0 Å². The molecular weight excluding hydrogens is 379 g/mol. The number of hydrogen-bond donors (Lipinski definition) is 1. The number of aliphatic hydroxyl groups excluding tert-OH is 1. The molecule has 1 amide bonds. The summed E-state index contributed by atoms with van der Waals surface area (Å²) >= 11 is 0. The summed E-state index contributed by atoms with van der Waals surface area (Å²) in [4.78, 5) is 16.9. The molecule has 1 fully saturated rings. The molecule has 1 saturated heterocycles. The van der Waals surface area contributed by atoms with Gasteiger partial charge < -0.3 is 14.9 Å². The second kappa shape index (κ2) is 8.76. The Hall–Kier alpha value is -2.40. The first-order valence-electron chi connectivity index (χ1n) is 11.1. The number of halogens is 1. The van der Waals surface area contributed by atoms with Gasteiger partial charge in [0.15, 0.2) is 0 Å². The van der Waals surface area contributed by atoms with E-state index in [4.69, 9.17) is 0 Å². The number of rotatable bonds is 6. The zero-order valence-electron chi connectivity index (χ0n) is 17.9. The molecule has 0 saturated carbocycles. The molecule has 2 aliphatic heterocycles. The van der Waals surface area contributed by atoms with Gasteiger partial charge in [0.1, 0.15) is 5.82 Å². The normalized spacial score (nSPS) is 19.9. The average Bonchev–Trinajstić information content (AvgIpc) is 3.18. The van der Waals surface area contributed by atoms with Gasteiger partial charge in [-0.25, -0.2) is 4.39 Å². The SMILES string of the molecule is CCC(O)CCc1ccc2c(c1)CCN(c1ccc(N3CCC(C)C3)c(F)c1)C2=O. The standard InChI is InChI=1S/C25H31FN2O2/c1-3-21(29)7-4-18-5-8-22-19(14-18)11-13-28(25(22)30)20-6-9-24(23(26)15-20)27-12-10-17(2)16-27/h5-6,8-9,14-15,17,21,29H,3-4,7,10-13,16H2,1-2H3. The second-order valence-electron chi connectivity index (χ2n) is 8.77. The molecule has 2 aromatic rings. The van der Waals surface area contributed by atoms with Gasteiger partial charge in [0.25, 0.3) is 5.91 Å². The first-order valence-corrected chi connectivity index (χ1v) is 11.1. The number of aliphatic hydroxyl groups is 1. The number of nitrogens with zero attached hydrogens (tertiary/aromatic N) is 2. The second-order valence-corrected chi connectivity index (χ2v) is 8.77. The van der Waals surface area contributed by atoms with Gasteiger partial charge in [0.05, 0.1) is 11.8 Å². The summed E-state index contributed by atoms with van der Waals surface area (Å²) in [5.74, 6) is 0.253. The Morgan fingerprint density at radius 1 is 1.20 bits per heavy atom. The largest absolute Gasteiger partial charge is 0.393 e.